The summed E-state index contributed by atoms with van der Waals surface area (Å²) < 4.78 is 6.05. The standard InChI is InChI=1S/C17H24N2O/c1-12(2)19(10-13-7-8-13)11-17-15(9-18)14-5-3-4-6-16(14)20-17/h3-6,12-13H,7-11,18H2,1-2H3. The van der Waals surface area contributed by atoms with E-state index in [9.17, 15) is 0 Å². The number of hydrogen-bond acceptors (Lipinski definition) is 3. The summed E-state index contributed by atoms with van der Waals surface area (Å²) in [4.78, 5) is 2.51. The fourth-order valence-corrected chi connectivity index (χ4v) is 2.78. The Morgan fingerprint density at radius 3 is 2.70 bits per heavy atom. The van der Waals surface area contributed by atoms with Crippen molar-refractivity contribution in [1.29, 1.82) is 0 Å². The minimum absolute atomic E-state index is 0.537. The van der Waals surface area contributed by atoms with E-state index in [-0.39, 0.29) is 0 Å². The maximum absolute atomic E-state index is 6.05. The molecular formula is C17H24N2O. The minimum atomic E-state index is 0.537. The third kappa shape index (κ3) is 2.74. The van der Waals surface area contributed by atoms with E-state index in [1.807, 2.05) is 18.2 Å². The van der Waals surface area contributed by atoms with Crippen LogP contribution in [0.5, 0.6) is 0 Å². The summed E-state index contributed by atoms with van der Waals surface area (Å²) in [7, 11) is 0. The summed E-state index contributed by atoms with van der Waals surface area (Å²) in [6, 6.07) is 8.73. The minimum Gasteiger partial charge on any atom is -0.459 e. The van der Waals surface area contributed by atoms with Gasteiger partial charge < -0.3 is 10.2 Å². The summed E-state index contributed by atoms with van der Waals surface area (Å²) in [5.41, 5.74) is 8.07. The Balaban J connectivity index is 1.87. The van der Waals surface area contributed by atoms with Gasteiger partial charge in [-0.1, -0.05) is 18.2 Å². The van der Waals surface area contributed by atoms with Crippen molar-refractivity contribution in [3.63, 3.8) is 0 Å². The van der Waals surface area contributed by atoms with Crippen molar-refractivity contribution in [1.82, 2.24) is 4.90 Å². The third-order valence-electron chi connectivity index (χ3n) is 4.25. The molecule has 0 unspecified atom stereocenters. The van der Waals surface area contributed by atoms with E-state index >= 15 is 0 Å². The molecule has 1 aliphatic rings. The molecule has 20 heavy (non-hydrogen) atoms. The highest BCUT2D eigenvalue weighted by atomic mass is 16.3. The second-order valence-corrected chi connectivity index (χ2v) is 6.17. The first-order valence-corrected chi connectivity index (χ1v) is 7.62. The number of furan rings is 1. The van der Waals surface area contributed by atoms with Crippen LogP contribution < -0.4 is 5.73 Å². The molecule has 2 aromatic rings. The van der Waals surface area contributed by atoms with Crippen LogP contribution in [-0.4, -0.2) is 17.5 Å². The summed E-state index contributed by atoms with van der Waals surface area (Å²) in [6.07, 6.45) is 2.76. The topological polar surface area (TPSA) is 42.4 Å². The van der Waals surface area contributed by atoms with Crippen LogP contribution in [0.1, 0.15) is 38.0 Å². The molecule has 0 atom stereocenters. The molecule has 108 valence electrons. The fourth-order valence-electron chi connectivity index (χ4n) is 2.78. The van der Waals surface area contributed by atoms with Gasteiger partial charge in [0.2, 0.25) is 0 Å². The fraction of sp³-hybridized carbons (Fsp3) is 0.529. The highest BCUT2D eigenvalue weighted by Crippen LogP contribution is 2.32. The van der Waals surface area contributed by atoms with Crippen LogP contribution in [0.15, 0.2) is 28.7 Å². The molecule has 2 N–H and O–H groups in total. The molecule has 1 aromatic heterocycles. The van der Waals surface area contributed by atoms with Crippen LogP contribution in [0.25, 0.3) is 11.0 Å². The zero-order chi connectivity index (χ0) is 14.1. The van der Waals surface area contributed by atoms with Gasteiger partial charge in [0.05, 0.1) is 6.54 Å². The molecular weight excluding hydrogens is 248 g/mol. The average molecular weight is 272 g/mol. The summed E-state index contributed by atoms with van der Waals surface area (Å²) >= 11 is 0. The van der Waals surface area contributed by atoms with Crippen LogP contribution in [0.3, 0.4) is 0 Å². The zero-order valence-electron chi connectivity index (χ0n) is 12.4. The number of fused-ring (bicyclic) bond motifs is 1. The van der Waals surface area contributed by atoms with Crippen molar-refractivity contribution >= 4 is 11.0 Å². The summed E-state index contributed by atoms with van der Waals surface area (Å²) in [6.45, 7) is 7.11. The highest BCUT2D eigenvalue weighted by Gasteiger charge is 2.26. The monoisotopic (exact) mass is 272 g/mol. The van der Waals surface area contributed by atoms with Crippen molar-refractivity contribution < 1.29 is 4.42 Å². The molecule has 0 bridgehead atoms. The molecule has 3 rings (SSSR count). The lowest BCUT2D eigenvalue weighted by molar-refractivity contribution is 0.189. The lowest BCUT2D eigenvalue weighted by Gasteiger charge is -2.25. The molecule has 1 heterocycles. The number of nitrogens with zero attached hydrogens (tertiary/aromatic N) is 1. The number of rotatable bonds is 6. The van der Waals surface area contributed by atoms with Crippen LogP contribution in [-0.2, 0) is 13.1 Å². The lowest BCUT2D eigenvalue weighted by Crippen LogP contribution is -2.32. The average Bonchev–Trinajstić information content (AvgIpc) is 3.17. The number of nitrogens with two attached hydrogens (primary N) is 1. The smallest absolute Gasteiger partial charge is 0.134 e. The maximum Gasteiger partial charge on any atom is 0.134 e. The molecule has 0 spiro atoms. The SMILES string of the molecule is CC(C)N(Cc1oc2ccccc2c1CN)CC1CC1. The van der Waals surface area contributed by atoms with Crippen LogP contribution in [0.4, 0.5) is 0 Å². The van der Waals surface area contributed by atoms with Crippen molar-refractivity contribution in [3.05, 3.63) is 35.6 Å². The Labute approximate surface area is 120 Å². The van der Waals surface area contributed by atoms with Gasteiger partial charge >= 0.3 is 0 Å². The Bertz CT molecular complexity index is 584. The van der Waals surface area contributed by atoms with Gasteiger partial charge in [0, 0.05) is 30.1 Å². The van der Waals surface area contributed by atoms with E-state index in [1.165, 1.54) is 30.3 Å². The Morgan fingerprint density at radius 1 is 1.30 bits per heavy atom. The molecule has 1 aliphatic carbocycles. The second kappa shape index (κ2) is 5.58. The summed E-state index contributed by atoms with van der Waals surface area (Å²) in [5, 5.41) is 1.17. The molecule has 0 amide bonds. The van der Waals surface area contributed by atoms with Gasteiger partial charge in [-0.25, -0.2) is 0 Å². The maximum atomic E-state index is 6.05. The zero-order valence-corrected chi connectivity index (χ0v) is 12.4. The van der Waals surface area contributed by atoms with Crippen molar-refractivity contribution in [2.45, 2.75) is 45.8 Å². The van der Waals surface area contributed by atoms with Crippen LogP contribution in [0, 0.1) is 5.92 Å². The second-order valence-electron chi connectivity index (χ2n) is 6.17. The van der Waals surface area contributed by atoms with E-state index in [0.29, 0.717) is 12.6 Å². The number of hydrogen-bond donors (Lipinski definition) is 1. The van der Waals surface area contributed by atoms with E-state index < -0.39 is 0 Å². The summed E-state index contributed by atoms with van der Waals surface area (Å²) in [5.74, 6) is 1.94. The van der Waals surface area contributed by atoms with Gasteiger partial charge in [-0.05, 0) is 38.7 Å². The van der Waals surface area contributed by atoms with E-state index in [4.69, 9.17) is 10.2 Å². The first-order chi connectivity index (χ1) is 9.69. The quantitative estimate of drug-likeness (QED) is 0.875. The first kappa shape index (κ1) is 13.7. The van der Waals surface area contributed by atoms with Crippen LogP contribution >= 0.6 is 0 Å². The molecule has 0 radical (unpaired) electrons. The highest BCUT2D eigenvalue weighted by molar-refractivity contribution is 5.82. The van der Waals surface area contributed by atoms with Crippen molar-refractivity contribution in [2.24, 2.45) is 11.7 Å². The normalized spacial score (nSPS) is 15.7. The molecule has 1 aromatic carbocycles. The van der Waals surface area contributed by atoms with Gasteiger partial charge in [0.1, 0.15) is 11.3 Å². The predicted molar refractivity (Wildman–Crippen MR) is 82.4 cm³/mol. The van der Waals surface area contributed by atoms with Gasteiger partial charge in [-0.15, -0.1) is 0 Å². The molecule has 3 nitrogen and oxygen atoms in total. The third-order valence-corrected chi connectivity index (χ3v) is 4.25. The van der Waals surface area contributed by atoms with Gasteiger partial charge in [0.15, 0.2) is 0 Å². The number of benzene rings is 1. The Hall–Kier alpha value is -1.32. The Morgan fingerprint density at radius 2 is 2.05 bits per heavy atom. The largest absolute Gasteiger partial charge is 0.459 e. The van der Waals surface area contributed by atoms with Crippen molar-refractivity contribution in [2.75, 3.05) is 6.54 Å². The van der Waals surface area contributed by atoms with E-state index in [1.54, 1.807) is 0 Å². The molecule has 1 saturated carbocycles. The molecule has 0 saturated heterocycles. The first-order valence-electron chi connectivity index (χ1n) is 7.62. The number of para-hydroxylation sites is 1. The molecule has 3 heteroatoms. The van der Waals surface area contributed by atoms with Crippen LogP contribution in [0.2, 0.25) is 0 Å². The van der Waals surface area contributed by atoms with Gasteiger partial charge in [0.25, 0.3) is 0 Å². The van der Waals surface area contributed by atoms with Gasteiger partial charge in [-0.2, -0.15) is 0 Å². The molecule has 1 fully saturated rings. The van der Waals surface area contributed by atoms with Gasteiger partial charge in [-0.3, -0.25) is 4.90 Å². The van der Waals surface area contributed by atoms with E-state index in [0.717, 1.165) is 23.8 Å². The lowest BCUT2D eigenvalue weighted by atomic mass is 10.1. The van der Waals surface area contributed by atoms with Crippen molar-refractivity contribution in [3.8, 4) is 0 Å². The van der Waals surface area contributed by atoms with E-state index in [2.05, 4.69) is 24.8 Å². The molecule has 0 aliphatic heterocycles. The Kier molecular flexibility index (Phi) is 3.81. The predicted octanol–water partition coefficient (Wildman–Crippen LogP) is 3.51.